The number of carbonyl (C=O) groups excluding carboxylic acids is 1. The molecule has 1 N–H and O–H groups in total. The van der Waals surface area contributed by atoms with Gasteiger partial charge in [-0.1, -0.05) is 18.2 Å². The van der Waals surface area contributed by atoms with E-state index in [2.05, 4.69) is 33.3 Å². The number of ether oxygens (including phenoxy) is 2. The van der Waals surface area contributed by atoms with Crippen molar-refractivity contribution in [2.45, 2.75) is 30.9 Å². The molecule has 6 heteroatoms. The van der Waals surface area contributed by atoms with Crippen LogP contribution in [0.2, 0.25) is 0 Å². The van der Waals surface area contributed by atoms with Crippen molar-refractivity contribution in [1.82, 2.24) is 10.2 Å². The van der Waals surface area contributed by atoms with E-state index in [4.69, 9.17) is 9.47 Å². The van der Waals surface area contributed by atoms with Crippen molar-refractivity contribution in [3.05, 3.63) is 54.1 Å². The van der Waals surface area contributed by atoms with Gasteiger partial charge in [0, 0.05) is 37.3 Å². The number of fused-ring (bicyclic) bond motifs is 1. The number of methoxy groups -OCH3 is 1. The van der Waals surface area contributed by atoms with Crippen LogP contribution >= 0.6 is 0 Å². The number of hydrogen-bond donors (Lipinski definition) is 1. The van der Waals surface area contributed by atoms with Gasteiger partial charge >= 0.3 is 0 Å². The molecular formula is C23H27N3O3. The normalized spacial score (nSPS) is 23.0. The molecule has 1 spiro atoms. The number of amides is 1. The maximum Gasteiger partial charge on any atom is 0.247 e. The zero-order valence-corrected chi connectivity index (χ0v) is 16.8. The largest absolute Gasteiger partial charge is 0.497 e. The lowest BCUT2D eigenvalue weighted by molar-refractivity contribution is -0.125. The summed E-state index contributed by atoms with van der Waals surface area (Å²) in [5.41, 5.74) is 1.90. The Labute approximate surface area is 171 Å². The molecule has 3 aliphatic heterocycles. The summed E-state index contributed by atoms with van der Waals surface area (Å²) in [6, 6.07) is 16.3. The van der Waals surface area contributed by atoms with E-state index in [1.165, 1.54) is 5.56 Å². The van der Waals surface area contributed by atoms with Crippen LogP contribution in [0.25, 0.3) is 0 Å². The van der Waals surface area contributed by atoms with Crippen LogP contribution in [0.5, 0.6) is 11.5 Å². The van der Waals surface area contributed by atoms with Crippen molar-refractivity contribution in [2.75, 3.05) is 38.3 Å². The number of hydrogen-bond acceptors (Lipinski definition) is 5. The standard InChI is InChI=1S/C23H27N3O3/c1-28-19-7-8-21-17(13-19)14-20(29-21)15-25-11-9-23(10-12-25)22(27)24-16-26(23)18-5-3-2-4-6-18/h2-8,13,20H,9-12,14-16H2,1H3,(H,24,27)/t20-/m0/s1. The van der Waals surface area contributed by atoms with Crippen molar-refractivity contribution in [3.8, 4) is 11.5 Å². The summed E-state index contributed by atoms with van der Waals surface area (Å²) in [6.07, 6.45) is 2.74. The maximum atomic E-state index is 12.8. The van der Waals surface area contributed by atoms with E-state index >= 15 is 0 Å². The van der Waals surface area contributed by atoms with Gasteiger partial charge in [-0.25, -0.2) is 0 Å². The number of para-hydroxylation sites is 1. The number of nitrogens with zero attached hydrogens (tertiary/aromatic N) is 2. The van der Waals surface area contributed by atoms with Gasteiger partial charge in [0.2, 0.25) is 5.91 Å². The Bertz CT molecular complexity index is 893. The van der Waals surface area contributed by atoms with Crippen molar-refractivity contribution in [3.63, 3.8) is 0 Å². The molecule has 2 aromatic carbocycles. The Hall–Kier alpha value is -2.73. The van der Waals surface area contributed by atoms with Crippen molar-refractivity contribution in [1.29, 1.82) is 0 Å². The third-order valence-electron chi connectivity index (χ3n) is 6.56. The predicted molar refractivity (Wildman–Crippen MR) is 111 cm³/mol. The lowest BCUT2D eigenvalue weighted by Gasteiger charge is -2.43. The Balaban J connectivity index is 1.23. The first-order valence-corrected chi connectivity index (χ1v) is 10.3. The van der Waals surface area contributed by atoms with Crippen LogP contribution in [-0.4, -0.2) is 55.9 Å². The topological polar surface area (TPSA) is 54.0 Å². The van der Waals surface area contributed by atoms with E-state index in [0.717, 1.165) is 56.1 Å². The third-order valence-corrected chi connectivity index (χ3v) is 6.56. The Morgan fingerprint density at radius 1 is 1.17 bits per heavy atom. The zero-order valence-electron chi connectivity index (χ0n) is 16.8. The predicted octanol–water partition coefficient (Wildman–Crippen LogP) is 2.43. The average molecular weight is 393 g/mol. The molecule has 6 nitrogen and oxygen atoms in total. The number of rotatable bonds is 4. The molecule has 2 fully saturated rings. The Morgan fingerprint density at radius 3 is 2.72 bits per heavy atom. The van der Waals surface area contributed by atoms with E-state index in [0.29, 0.717) is 6.67 Å². The number of anilines is 1. The van der Waals surface area contributed by atoms with Gasteiger partial charge in [-0.15, -0.1) is 0 Å². The molecule has 0 aromatic heterocycles. The number of piperidine rings is 1. The fraction of sp³-hybridized carbons (Fsp3) is 0.435. The van der Waals surface area contributed by atoms with Crippen LogP contribution in [0.4, 0.5) is 5.69 Å². The molecule has 29 heavy (non-hydrogen) atoms. The van der Waals surface area contributed by atoms with Gasteiger partial charge in [-0.05, 0) is 43.2 Å². The minimum Gasteiger partial charge on any atom is -0.497 e. The van der Waals surface area contributed by atoms with Gasteiger partial charge in [0.15, 0.2) is 0 Å². The lowest BCUT2D eigenvalue weighted by atomic mass is 9.85. The highest BCUT2D eigenvalue weighted by Gasteiger charge is 2.50. The van der Waals surface area contributed by atoms with Gasteiger partial charge in [0.1, 0.15) is 23.1 Å². The molecule has 1 atom stereocenters. The minimum atomic E-state index is -0.426. The molecule has 0 bridgehead atoms. The minimum absolute atomic E-state index is 0.161. The lowest BCUT2D eigenvalue weighted by Crippen LogP contribution is -2.57. The van der Waals surface area contributed by atoms with E-state index in [-0.39, 0.29) is 12.0 Å². The number of benzene rings is 2. The van der Waals surface area contributed by atoms with Gasteiger partial charge < -0.3 is 19.7 Å². The summed E-state index contributed by atoms with van der Waals surface area (Å²) in [4.78, 5) is 17.5. The Kier molecular flexibility index (Phi) is 4.59. The summed E-state index contributed by atoms with van der Waals surface area (Å²) in [6.45, 7) is 3.28. The molecule has 2 aromatic rings. The summed E-state index contributed by atoms with van der Waals surface area (Å²) in [7, 11) is 1.69. The molecule has 0 aliphatic carbocycles. The first kappa shape index (κ1) is 18.3. The van der Waals surface area contributed by atoms with Crippen LogP contribution in [0.3, 0.4) is 0 Å². The highest BCUT2D eigenvalue weighted by atomic mass is 16.5. The van der Waals surface area contributed by atoms with Gasteiger partial charge in [-0.3, -0.25) is 9.69 Å². The number of likely N-dealkylation sites (tertiary alicyclic amines) is 1. The summed E-state index contributed by atoms with van der Waals surface area (Å²) < 4.78 is 11.5. The second kappa shape index (κ2) is 7.26. The van der Waals surface area contributed by atoms with Crippen LogP contribution in [0.15, 0.2) is 48.5 Å². The second-order valence-corrected chi connectivity index (χ2v) is 8.18. The van der Waals surface area contributed by atoms with Gasteiger partial charge in [0.05, 0.1) is 13.8 Å². The smallest absolute Gasteiger partial charge is 0.247 e. The fourth-order valence-corrected chi connectivity index (χ4v) is 4.95. The highest BCUT2D eigenvalue weighted by molar-refractivity contribution is 5.93. The summed E-state index contributed by atoms with van der Waals surface area (Å²) in [5.74, 6) is 2.01. The monoisotopic (exact) mass is 393 g/mol. The zero-order chi connectivity index (χ0) is 19.8. The fourth-order valence-electron chi connectivity index (χ4n) is 4.95. The maximum absolute atomic E-state index is 12.8. The average Bonchev–Trinajstić information content (AvgIpc) is 3.30. The molecule has 5 rings (SSSR count). The van der Waals surface area contributed by atoms with Crippen molar-refractivity contribution in [2.24, 2.45) is 0 Å². The molecule has 0 radical (unpaired) electrons. The highest BCUT2D eigenvalue weighted by Crippen LogP contribution is 2.37. The molecular weight excluding hydrogens is 366 g/mol. The van der Waals surface area contributed by atoms with Crippen LogP contribution in [-0.2, 0) is 11.2 Å². The van der Waals surface area contributed by atoms with E-state index in [9.17, 15) is 4.79 Å². The first-order valence-electron chi connectivity index (χ1n) is 10.3. The molecule has 0 saturated carbocycles. The SMILES string of the molecule is COc1ccc2c(c1)C[C@@H](CN1CCC3(CC1)C(=O)NCN3c1ccccc1)O2. The number of carbonyl (C=O) groups is 1. The number of nitrogens with one attached hydrogen (secondary N) is 1. The van der Waals surface area contributed by atoms with Crippen LogP contribution in [0, 0.1) is 0 Å². The third kappa shape index (κ3) is 3.21. The summed E-state index contributed by atoms with van der Waals surface area (Å²) >= 11 is 0. The summed E-state index contributed by atoms with van der Waals surface area (Å²) in [5, 5.41) is 3.07. The van der Waals surface area contributed by atoms with E-state index in [1.54, 1.807) is 7.11 Å². The first-order chi connectivity index (χ1) is 14.2. The molecule has 0 unspecified atom stereocenters. The van der Waals surface area contributed by atoms with Crippen molar-refractivity contribution >= 4 is 11.6 Å². The van der Waals surface area contributed by atoms with Gasteiger partial charge in [0.25, 0.3) is 0 Å². The quantitative estimate of drug-likeness (QED) is 0.865. The van der Waals surface area contributed by atoms with Crippen LogP contribution in [0.1, 0.15) is 18.4 Å². The Morgan fingerprint density at radius 2 is 1.97 bits per heavy atom. The second-order valence-electron chi connectivity index (χ2n) is 8.18. The van der Waals surface area contributed by atoms with Crippen molar-refractivity contribution < 1.29 is 14.3 Å². The van der Waals surface area contributed by atoms with E-state index < -0.39 is 5.54 Å². The van der Waals surface area contributed by atoms with E-state index in [1.807, 2.05) is 30.3 Å². The molecule has 2 saturated heterocycles. The molecule has 1 amide bonds. The van der Waals surface area contributed by atoms with Gasteiger partial charge in [-0.2, -0.15) is 0 Å². The molecule has 3 heterocycles. The molecule has 152 valence electrons. The molecule has 3 aliphatic rings. The van der Waals surface area contributed by atoms with Crippen LogP contribution < -0.4 is 19.7 Å².